The Hall–Kier alpha value is -2.87. The molecule has 0 spiro atoms. The predicted octanol–water partition coefficient (Wildman–Crippen LogP) is 3.31. The number of hydrogen-bond acceptors (Lipinski definition) is 3. The Bertz CT molecular complexity index is 636. The van der Waals surface area contributed by atoms with E-state index in [2.05, 4.69) is 5.32 Å². The molecule has 4 nitrogen and oxygen atoms in total. The van der Waals surface area contributed by atoms with Gasteiger partial charge in [0.15, 0.2) is 0 Å². The van der Waals surface area contributed by atoms with Crippen LogP contribution in [0.3, 0.4) is 0 Å². The molecule has 0 bridgehead atoms. The van der Waals surface area contributed by atoms with E-state index >= 15 is 0 Å². The SMILES string of the molecule is N#Cc1cc(OC(=O)Nc2ccccc2)ccc1F. The minimum Gasteiger partial charge on any atom is -0.410 e. The van der Waals surface area contributed by atoms with E-state index in [1.165, 1.54) is 12.1 Å². The second-order valence-corrected chi connectivity index (χ2v) is 3.63. The van der Waals surface area contributed by atoms with Crippen LogP contribution in [0.15, 0.2) is 48.5 Å². The molecule has 0 atom stereocenters. The van der Waals surface area contributed by atoms with Crippen LogP contribution in [-0.2, 0) is 0 Å². The van der Waals surface area contributed by atoms with Crippen LogP contribution in [-0.4, -0.2) is 6.09 Å². The number of amides is 1. The number of nitriles is 1. The molecule has 2 aromatic rings. The summed E-state index contributed by atoms with van der Waals surface area (Å²) in [5.41, 5.74) is 0.403. The van der Waals surface area contributed by atoms with Gasteiger partial charge in [-0.1, -0.05) is 18.2 Å². The van der Waals surface area contributed by atoms with Gasteiger partial charge in [-0.05, 0) is 24.3 Å². The van der Waals surface area contributed by atoms with Crippen LogP contribution in [0.2, 0.25) is 0 Å². The van der Waals surface area contributed by atoms with Crippen molar-refractivity contribution < 1.29 is 13.9 Å². The molecule has 0 heterocycles. The number of para-hydroxylation sites is 1. The minimum absolute atomic E-state index is 0.103. The number of anilines is 1. The first-order chi connectivity index (χ1) is 9.19. The molecule has 0 aliphatic heterocycles. The number of carbonyl (C=O) groups is 1. The van der Waals surface area contributed by atoms with Gasteiger partial charge in [-0.3, -0.25) is 5.32 Å². The van der Waals surface area contributed by atoms with Gasteiger partial charge in [-0.15, -0.1) is 0 Å². The summed E-state index contributed by atoms with van der Waals surface area (Å²) in [6.45, 7) is 0. The van der Waals surface area contributed by atoms with Gasteiger partial charge in [0.05, 0.1) is 5.56 Å². The number of ether oxygens (including phenoxy) is 1. The maximum Gasteiger partial charge on any atom is 0.417 e. The average Bonchev–Trinajstić information content (AvgIpc) is 2.42. The fourth-order valence-corrected chi connectivity index (χ4v) is 1.43. The van der Waals surface area contributed by atoms with Crippen molar-refractivity contribution in [3.05, 3.63) is 59.9 Å². The highest BCUT2D eigenvalue weighted by Gasteiger charge is 2.08. The molecule has 5 heteroatoms. The van der Waals surface area contributed by atoms with Crippen molar-refractivity contribution in [3.8, 4) is 11.8 Å². The van der Waals surface area contributed by atoms with Crippen molar-refractivity contribution in [1.82, 2.24) is 0 Å². The van der Waals surface area contributed by atoms with Crippen molar-refractivity contribution in [3.63, 3.8) is 0 Å². The normalized spacial score (nSPS) is 9.47. The minimum atomic E-state index is -0.707. The number of nitrogens with zero attached hydrogens (tertiary/aromatic N) is 1. The van der Waals surface area contributed by atoms with Crippen LogP contribution in [0.1, 0.15) is 5.56 Å². The number of rotatable bonds is 2. The third-order valence-corrected chi connectivity index (χ3v) is 2.29. The summed E-state index contributed by atoms with van der Waals surface area (Å²) in [6, 6.07) is 13.9. The van der Waals surface area contributed by atoms with E-state index in [0.717, 1.165) is 6.07 Å². The predicted molar refractivity (Wildman–Crippen MR) is 67.2 cm³/mol. The zero-order chi connectivity index (χ0) is 13.7. The van der Waals surface area contributed by atoms with Crippen LogP contribution in [0.5, 0.6) is 5.75 Å². The van der Waals surface area contributed by atoms with Gasteiger partial charge >= 0.3 is 6.09 Å². The molecule has 0 aromatic heterocycles. The molecule has 0 unspecified atom stereocenters. The summed E-state index contributed by atoms with van der Waals surface area (Å²) in [5.74, 6) is -0.551. The van der Waals surface area contributed by atoms with Gasteiger partial charge < -0.3 is 4.74 Å². The quantitative estimate of drug-likeness (QED) is 0.896. The van der Waals surface area contributed by atoms with Crippen LogP contribution >= 0.6 is 0 Å². The van der Waals surface area contributed by atoms with Crippen LogP contribution in [0.4, 0.5) is 14.9 Å². The topological polar surface area (TPSA) is 62.1 Å². The molecule has 0 saturated heterocycles. The number of benzene rings is 2. The zero-order valence-electron chi connectivity index (χ0n) is 9.76. The Morgan fingerprint density at radius 2 is 1.95 bits per heavy atom. The van der Waals surface area contributed by atoms with Crippen molar-refractivity contribution in [2.75, 3.05) is 5.32 Å². The monoisotopic (exact) mass is 256 g/mol. The first-order valence-electron chi connectivity index (χ1n) is 5.42. The maximum absolute atomic E-state index is 13.1. The largest absolute Gasteiger partial charge is 0.417 e. The lowest BCUT2D eigenvalue weighted by molar-refractivity contribution is 0.215. The van der Waals surface area contributed by atoms with Crippen molar-refractivity contribution in [2.45, 2.75) is 0 Å². The Kier molecular flexibility index (Phi) is 3.74. The van der Waals surface area contributed by atoms with Gasteiger partial charge in [0.25, 0.3) is 0 Å². The van der Waals surface area contributed by atoms with E-state index in [0.29, 0.717) is 5.69 Å². The molecule has 1 amide bonds. The molecular formula is C14H9FN2O2. The van der Waals surface area contributed by atoms with E-state index in [4.69, 9.17) is 10.00 Å². The van der Waals surface area contributed by atoms with Gasteiger partial charge in [-0.2, -0.15) is 5.26 Å². The molecule has 1 N–H and O–H groups in total. The molecule has 2 aromatic carbocycles. The fourth-order valence-electron chi connectivity index (χ4n) is 1.43. The Balaban J connectivity index is 2.06. The van der Waals surface area contributed by atoms with Gasteiger partial charge in [0, 0.05) is 11.8 Å². The second kappa shape index (κ2) is 5.65. The van der Waals surface area contributed by atoms with Crippen molar-refractivity contribution >= 4 is 11.8 Å². The van der Waals surface area contributed by atoms with Crippen molar-refractivity contribution in [1.29, 1.82) is 5.26 Å². The first-order valence-corrected chi connectivity index (χ1v) is 5.42. The summed E-state index contributed by atoms with van der Waals surface area (Å²) in [5, 5.41) is 11.2. The molecule has 0 radical (unpaired) electrons. The standard InChI is InChI=1S/C14H9FN2O2/c15-13-7-6-12(8-10(13)9-16)19-14(18)17-11-4-2-1-3-5-11/h1-8H,(H,17,18). The number of carbonyl (C=O) groups excluding carboxylic acids is 1. The fraction of sp³-hybridized carbons (Fsp3) is 0. The summed E-state index contributed by atoms with van der Waals surface area (Å²) in [7, 11) is 0. The third kappa shape index (κ3) is 3.30. The smallest absolute Gasteiger partial charge is 0.410 e. The van der Waals surface area contributed by atoms with E-state index in [9.17, 15) is 9.18 Å². The van der Waals surface area contributed by atoms with Crippen LogP contribution < -0.4 is 10.1 Å². The summed E-state index contributed by atoms with van der Waals surface area (Å²) in [6.07, 6.45) is -0.707. The number of hydrogen-bond donors (Lipinski definition) is 1. The summed E-state index contributed by atoms with van der Waals surface area (Å²) >= 11 is 0. The Morgan fingerprint density at radius 1 is 1.21 bits per heavy atom. The molecule has 2 rings (SSSR count). The lowest BCUT2D eigenvalue weighted by Crippen LogP contribution is -2.16. The first kappa shape index (κ1) is 12.6. The second-order valence-electron chi connectivity index (χ2n) is 3.63. The van der Waals surface area contributed by atoms with Crippen LogP contribution in [0.25, 0.3) is 0 Å². The summed E-state index contributed by atoms with van der Waals surface area (Å²) < 4.78 is 18.0. The van der Waals surface area contributed by atoms with Crippen LogP contribution in [0, 0.1) is 17.1 Å². The Morgan fingerprint density at radius 3 is 2.63 bits per heavy atom. The Labute approximate surface area is 109 Å². The van der Waals surface area contributed by atoms with Crippen molar-refractivity contribution in [2.24, 2.45) is 0 Å². The molecule has 19 heavy (non-hydrogen) atoms. The highest BCUT2D eigenvalue weighted by atomic mass is 19.1. The molecule has 0 aliphatic rings. The van der Waals surface area contributed by atoms with E-state index in [1.807, 2.05) is 6.07 Å². The highest BCUT2D eigenvalue weighted by Crippen LogP contribution is 2.17. The average molecular weight is 256 g/mol. The lowest BCUT2D eigenvalue weighted by atomic mass is 10.2. The van der Waals surface area contributed by atoms with E-state index in [-0.39, 0.29) is 11.3 Å². The maximum atomic E-state index is 13.1. The molecular weight excluding hydrogens is 247 g/mol. The molecule has 94 valence electrons. The van der Waals surface area contributed by atoms with E-state index < -0.39 is 11.9 Å². The number of halogens is 1. The van der Waals surface area contributed by atoms with Gasteiger partial charge in [0.2, 0.25) is 0 Å². The highest BCUT2D eigenvalue weighted by molar-refractivity contribution is 5.86. The number of nitrogens with one attached hydrogen (secondary N) is 1. The van der Waals surface area contributed by atoms with E-state index in [1.54, 1.807) is 30.3 Å². The lowest BCUT2D eigenvalue weighted by Gasteiger charge is -2.06. The third-order valence-electron chi connectivity index (χ3n) is 2.29. The van der Waals surface area contributed by atoms with Gasteiger partial charge in [-0.25, -0.2) is 9.18 Å². The zero-order valence-corrected chi connectivity index (χ0v) is 9.76. The molecule has 0 aliphatic carbocycles. The van der Waals surface area contributed by atoms with Gasteiger partial charge in [0.1, 0.15) is 17.6 Å². The molecule has 0 saturated carbocycles. The molecule has 0 fully saturated rings. The summed E-state index contributed by atoms with van der Waals surface area (Å²) in [4.78, 5) is 11.6.